The second kappa shape index (κ2) is 11.3. The highest BCUT2D eigenvalue weighted by molar-refractivity contribution is 6.63. The number of carboxylic acid groups (broad SMARTS) is 2. The summed E-state index contributed by atoms with van der Waals surface area (Å²) in [6, 6.07) is 0. The van der Waals surface area contributed by atoms with E-state index in [1.165, 1.54) is 0 Å². The van der Waals surface area contributed by atoms with Gasteiger partial charge in [0.15, 0.2) is 0 Å². The van der Waals surface area contributed by atoms with Crippen LogP contribution in [0.3, 0.4) is 0 Å². The molecule has 146 valence electrons. The molecule has 0 aromatic rings. The monoisotopic (exact) mass is 386 g/mol. The molecule has 0 aliphatic heterocycles. The molecule has 0 aromatic carbocycles. The number of alkyl halides is 6. The molecule has 0 bridgehead atoms. The molecule has 0 heterocycles. The Bertz CT molecular complexity index is 335. The molecule has 0 atom stereocenters. The van der Waals surface area contributed by atoms with Crippen LogP contribution in [0.1, 0.15) is 41.5 Å². The molecule has 0 radical (unpaired) electrons. The first-order chi connectivity index (χ1) is 10.4. The molecule has 0 rings (SSSR count). The summed E-state index contributed by atoms with van der Waals surface area (Å²) in [7, 11) is -0.454. The lowest BCUT2D eigenvalue weighted by molar-refractivity contribution is -0.193. The number of hydrogen-bond acceptors (Lipinski definition) is 2. The van der Waals surface area contributed by atoms with Crippen molar-refractivity contribution in [3.05, 3.63) is 0 Å². The van der Waals surface area contributed by atoms with Crippen LogP contribution in [0.4, 0.5) is 26.3 Å². The van der Waals surface area contributed by atoms with Gasteiger partial charge < -0.3 is 10.2 Å². The first kappa shape index (κ1) is 27.6. The molecular weight excluding hydrogens is 362 g/mol. The van der Waals surface area contributed by atoms with E-state index in [1.807, 2.05) is 0 Å². The minimum atomic E-state index is -5.08. The van der Waals surface area contributed by atoms with E-state index in [1.54, 1.807) is 0 Å². The Kier molecular flexibility index (Phi) is 13.0. The third kappa shape index (κ3) is 15.6. The molecular formula is C13H24F6O4Si. The van der Waals surface area contributed by atoms with E-state index < -0.39 is 33.1 Å². The Balaban J connectivity index is -0.000000283. The van der Waals surface area contributed by atoms with Crippen LogP contribution in [0.5, 0.6) is 0 Å². The normalized spacial score (nSPS) is 11.8. The van der Waals surface area contributed by atoms with Gasteiger partial charge in [-0.2, -0.15) is 26.3 Å². The molecule has 0 aliphatic rings. The van der Waals surface area contributed by atoms with E-state index in [2.05, 4.69) is 41.5 Å². The fraction of sp³-hybridized carbons (Fsp3) is 0.846. The van der Waals surface area contributed by atoms with Gasteiger partial charge in [-0.25, -0.2) is 9.59 Å². The zero-order valence-electron chi connectivity index (χ0n) is 14.3. The Morgan fingerprint density at radius 2 is 0.792 bits per heavy atom. The van der Waals surface area contributed by atoms with E-state index in [4.69, 9.17) is 19.8 Å². The predicted molar refractivity (Wildman–Crippen MR) is 79.8 cm³/mol. The average Bonchev–Trinajstić information content (AvgIpc) is 2.25. The quantitative estimate of drug-likeness (QED) is 0.544. The molecule has 0 saturated heterocycles. The average molecular weight is 386 g/mol. The van der Waals surface area contributed by atoms with Crippen molar-refractivity contribution in [2.45, 2.75) is 70.5 Å². The molecule has 0 unspecified atom stereocenters. The Morgan fingerprint density at radius 1 is 0.667 bits per heavy atom. The van der Waals surface area contributed by atoms with Gasteiger partial charge in [0.1, 0.15) is 0 Å². The summed E-state index contributed by atoms with van der Waals surface area (Å²) in [6.07, 6.45) is -10.2. The Labute approximate surface area is 138 Å². The molecule has 4 nitrogen and oxygen atoms in total. The van der Waals surface area contributed by atoms with Crippen LogP contribution in [-0.2, 0) is 9.59 Å². The molecule has 0 aliphatic carbocycles. The summed E-state index contributed by atoms with van der Waals surface area (Å²) >= 11 is 0. The third-order valence-corrected chi connectivity index (χ3v) is 7.41. The Morgan fingerprint density at radius 3 is 0.792 bits per heavy atom. The number of aliphatic carboxylic acids is 2. The zero-order chi connectivity index (χ0) is 20.5. The van der Waals surface area contributed by atoms with E-state index in [-0.39, 0.29) is 0 Å². The fourth-order valence-corrected chi connectivity index (χ4v) is 6.93. The summed E-state index contributed by atoms with van der Waals surface area (Å²) in [5.41, 5.74) is 2.92. The number of hydrogen-bond donors (Lipinski definition) is 2. The van der Waals surface area contributed by atoms with E-state index in [9.17, 15) is 26.3 Å². The molecule has 24 heavy (non-hydrogen) atoms. The van der Waals surface area contributed by atoms with Gasteiger partial charge in [-0.05, 0) is 0 Å². The summed E-state index contributed by atoms with van der Waals surface area (Å²) in [5.74, 6) is -5.51. The van der Waals surface area contributed by atoms with Crippen LogP contribution < -0.4 is 0 Å². The first-order valence-electron chi connectivity index (χ1n) is 6.95. The summed E-state index contributed by atoms with van der Waals surface area (Å²) < 4.78 is 63.5. The molecule has 11 heteroatoms. The van der Waals surface area contributed by atoms with Gasteiger partial charge >= 0.3 is 24.3 Å². The smallest absolute Gasteiger partial charge is 0.475 e. The van der Waals surface area contributed by atoms with Gasteiger partial charge in [-0.1, -0.05) is 58.2 Å². The van der Waals surface area contributed by atoms with E-state index in [0.717, 1.165) is 16.6 Å². The highest BCUT2D eigenvalue weighted by Gasteiger charge is 2.38. The van der Waals surface area contributed by atoms with Gasteiger partial charge in [0.05, 0.1) is 0 Å². The summed E-state index contributed by atoms with van der Waals surface area (Å²) in [4.78, 5) is 17.8. The maximum atomic E-state index is 10.6. The second-order valence-electron chi connectivity index (χ2n) is 5.92. The maximum Gasteiger partial charge on any atom is 0.490 e. The second-order valence-corrected chi connectivity index (χ2v) is 11.1. The van der Waals surface area contributed by atoms with Gasteiger partial charge in [0, 0.05) is 8.80 Å². The molecule has 0 spiro atoms. The zero-order valence-corrected chi connectivity index (χ0v) is 15.4. The molecule has 0 aromatic heterocycles. The van der Waals surface area contributed by atoms with E-state index in [0.29, 0.717) is 0 Å². The van der Waals surface area contributed by atoms with Crippen LogP contribution >= 0.6 is 0 Å². The van der Waals surface area contributed by atoms with Crippen molar-refractivity contribution in [2.75, 3.05) is 0 Å². The van der Waals surface area contributed by atoms with Gasteiger partial charge in [-0.3, -0.25) is 0 Å². The van der Waals surface area contributed by atoms with Crippen molar-refractivity contribution >= 4 is 20.7 Å². The fourth-order valence-electron chi connectivity index (χ4n) is 2.31. The number of carbonyl (C=O) groups is 2. The molecule has 0 fully saturated rings. The molecule has 0 amide bonds. The SMILES string of the molecule is CC(C)[SiH](C(C)C)C(C)C.O=C(O)C(F)(F)F.O=C(O)C(F)(F)F. The first-order valence-corrected chi connectivity index (χ1v) is 8.95. The number of carboxylic acids is 2. The highest BCUT2D eigenvalue weighted by atomic mass is 28.3. The summed E-state index contributed by atoms with van der Waals surface area (Å²) in [6.45, 7) is 14.3. The summed E-state index contributed by atoms with van der Waals surface area (Å²) in [5, 5.41) is 14.2. The Hall–Kier alpha value is -1.26. The van der Waals surface area contributed by atoms with E-state index >= 15 is 0 Å². The minimum absolute atomic E-state index is 0.454. The predicted octanol–water partition coefficient (Wildman–Crippen LogP) is 4.71. The van der Waals surface area contributed by atoms with Crippen LogP contribution in [0.2, 0.25) is 16.6 Å². The van der Waals surface area contributed by atoms with Crippen LogP contribution in [0.25, 0.3) is 0 Å². The minimum Gasteiger partial charge on any atom is -0.475 e. The van der Waals surface area contributed by atoms with Crippen molar-refractivity contribution in [1.82, 2.24) is 0 Å². The van der Waals surface area contributed by atoms with Gasteiger partial charge in [0.25, 0.3) is 0 Å². The lowest BCUT2D eigenvalue weighted by Crippen LogP contribution is -2.24. The maximum absolute atomic E-state index is 10.6. The lowest BCUT2D eigenvalue weighted by atomic mass is 10.5. The van der Waals surface area contributed by atoms with Crippen molar-refractivity contribution in [2.24, 2.45) is 0 Å². The van der Waals surface area contributed by atoms with Crippen molar-refractivity contribution in [1.29, 1.82) is 0 Å². The standard InChI is InChI=1S/C9H22Si.2C2HF3O2/c1-7(2)10(8(3)4)9(5)6;2*3-2(4,5)1(6)7/h7-10H,1-6H3;2*(H,6,7). The van der Waals surface area contributed by atoms with Crippen LogP contribution in [-0.4, -0.2) is 43.3 Å². The lowest BCUT2D eigenvalue weighted by Gasteiger charge is -2.26. The van der Waals surface area contributed by atoms with Crippen molar-refractivity contribution < 1.29 is 46.1 Å². The topological polar surface area (TPSA) is 74.6 Å². The largest absolute Gasteiger partial charge is 0.490 e. The number of halogens is 6. The number of rotatable bonds is 3. The highest BCUT2D eigenvalue weighted by Crippen LogP contribution is 2.29. The third-order valence-electron chi connectivity index (χ3n) is 2.79. The molecule has 0 saturated carbocycles. The van der Waals surface area contributed by atoms with Crippen molar-refractivity contribution in [3.63, 3.8) is 0 Å². The van der Waals surface area contributed by atoms with Gasteiger partial charge in [-0.15, -0.1) is 0 Å². The molecule has 2 N–H and O–H groups in total. The van der Waals surface area contributed by atoms with Crippen LogP contribution in [0.15, 0.2) is 0 Å². The van der Waals surface area contributed by atoms with Crippen molar-refractivity contribution in [3.8, 4) is 0 Å². The van der Waals surface area contributed by atoms with Gasteiger partial charge in [0.2, 0.25) is 0 Å². The van der Waals surface area contributed by atoms with Crippen LogP contribution in [0, 0.1) is 0 Å².